The molecule has 2 aromatic carbocycles. The van der Waals surface area contributed by atoms with Crippen molar-refractivity contribution in [3.05, 3.63) is 90.8 Å². The lowest BCUT2D eigenvalue weighted by Crippen LogP contribution is -2.66. The SMILES string of the molecule is CC(C)(C)[Si](OC(CC#N)c1ccncc1)(c1ccccc1)c1ccccc1. The molecule has 1 heterocycles. The van der Waals surface area contributed by atoms with Crippen molar-refractivity contribution in [3.8, 4) is 6.07 Å². The molecule has 0 aliphatic carbocycles. The van der Waals surface area contributed by atoms with E-state index in [0.717, 1.165) is 5.56 Å². The molecule has 0 saturated carbocycles. The highest BCUT2D eigenvalue weighted by atomic mass is 28.4. The minimum atomic E-state index is -2.70. The van der Waals surface area contributed by atoms with Gasteiger partial charge in [-0.25, -0.2) is 0 Å². The monoisotopic (exact) mass is 386 g/mol. The first-order valence-electron chi connectivity index (χ1n) is 9.55. The summed E-state index contributed by atoms with van der Waals surface area (Å²) >= 11 is 0. The van der Waals surface area contributed by atoms with Gasteiger partial charge in [-0.05, 0) is 33.1 Å². The van der Waals surface area contributed by atoms with Crippen LogP contribution in [0.5, 0.6) is 0 Å². The highest BCUT2D eigenvalue weighted by Crippen LogP contribution is 2.40. The third kappa shape index (κ3) is 3.91. The molecule has 0 fully saturated rings. The molecule has 1 unspecified atom stereocenters. The molecule has 0 radical (unpaired) electrons. The Morgan fingerprint density at radius 3 is 1.82 bits per heavy atom. The van der Waals surface area contributed by atoms with Crippen LogP contribution >= 0.6 is 0 Å². The van der Waals surface area contributed by atoms with Gasteiger partial charge in [0.15, 0.2) is 0 Å². The van der Waals surface area contributed by atoms with Gasteiger partial charge in [0.25, 0.3) is 8.32 Å². The van der Waals surface area contributed by atoms with Crippen LogP contribution in [0.15, 0.2) is 85.2 Å². The van der Waals surface area contributed by atoms with Crippen LogP contribution in [0.25, 0.3) is 0 Å². The normalized spacial score (nSPS) is 12.9. The molecule has 3 nitrogen and oxygen atoms in total. The van der Waals surface area contributed by atoms with E-state index in [1.165, 1.54) is 10.4 Å². The van der Waals surface area contributed by atoms with Crippen molar-refractivity contribution in [2.75, 3.05) is 0 Å². The standard InChI is InChI=1S/C24H26N2OSi/c1-24(2,3)28(21-10-6-4-7-11-21,22-12-8-5-9-13-22)27-23(14-17-25)20-15-18-26-19-16-20/h4-13,15-16,18-19,23H,14H2,1-3H3. The van der Waals surface area contributed by atoms with E-state index in [1.54, 1.807) is 12.4 Å². The molecule has 28 heavy (non-hydrogen) atoms. The Labute approximate surface area is 168 Å². The van der Waals surface area contributed by atoms with Gasteiger partial charge in [-0.1, -0.05) is 81.4 Å². The molecular formula is C24H26N2OSi. The lowest BCUT2D eigenvalue weighted by molar-refractivity contribution is 0.195. The van der Waals surface area contributed by atoms with Crippen LogP contribution in [0.4, 0.5) is 0 Å². The average molecular weight is 387 g/mol. The second-order valence-electron chi connectivity index (χ2n) is 7.91. The van der Waals surface area contributed by atoms with Gasteiger partial charge in [0, 0.05) is 12.4 Å². The van der Waals surface area contributed by atoms with Gasteiger partial charge < -0.3 is 4.43 Å². The van der Waals surface area contributed by atoms with Crippen molar-refractivity contribution in [3.63, 3.8) is 0 Å². The van der Waals surface area contributed by atoms with Gasteiger partial charge in [-0.2, -0.15) is 5.26 Å². The predicted molar refractivity (Wildman–Crippen MR) is 116 cm³/mol. The summed E-state index contributed by atoms with van der Waals surface area (Å²) in [5.74, 6) is 0. The number of hydrogen-bond donors (Lipinski definition) is 0. The van der Waals surface area contributed by atoms with Crippen molar-refractivity contribution in [1.29, 1.82) is 5.26 Å². The van der Waals surface area contributed by atoms with E-state index in [9.17, 15) is 5.26 Å². The summed E-state index contributed by atoms with van der Waals surface area (Å²) in [5.41, 5.74) is 0.990. The molecule has 0 bridgehead atoms. The van der Waals surface area contributed by atoms with E-state index in [2.05, 4.69) is 80.4 Å². The summed E-state index contributed by atoms with van der Waals surface area (Å²) < 4.78 is 7.09. The summed E-state index contributed by atoms with van der Waals surface area (Å²) in [5, 5.41) is 11.8. The zero-order valence-electron chi connectivity index (χ0n) is 16.7. The number of rotatable bonds is 6. The summed E-state index contributed by atoms with van der Waals surface area (Å²) in [7, 11) is -2.70. The van der Waals surface area contributed by atoms with Gasteiger partial charge >= 0.3 is 0 Å². The Morgan fingerprint density at radius 1 is 0.893 bits per heavy atom. The van der Waals surface area contributed by atoms with Gasteiger partial charge in [0.1, 0.15) is 0 Å². The lowest BCUT2D eigenvalue weighted by atomic mass is 10.1. The summed E-state index contributed by atoms with van der Waals surface area (Å²) in [6, 6.07) is 27.2. The first-order valence-corrected chi connectivity index (χ1v) is 11.5. The van der Waals surface area contributed by atoms with E-state index >= 15 is 0 Å². The Balaban J connectivity index is 2.22. The van der Waals surface area contributed by atoms with E-state index in [0.29, 0.717) is 6.42 Å². The van der Waals surface area contributed by atoms with Crippen molar-refractivity contribution in [2.45, 2.75) is 38.3 Å². The highest BCUT2D eigenvalue weighted by Gasteiger charge is 2.51. The zero-order chi connectivity index (χ0) is 20.0. The minimum absolute atomic E-state index is 0.129. The maximum atomic E-state index is 9.51. The van der Waals surface area contributed by atoms with Gasteiger partial charge in [-0.3, -0.25) is 4.98 Å². The maximum Gasteiger partial charge on any atom is 0.261 e. The highest BCUT2D eigenvalue weighted by molar-refractivity contribution is 6.99. The first-order chi connectivity index (χ1) is 13.5. The van der Waals surface area contributed by atoms with Crippen molar-refractivity contribution in [1.82, 2.24) is 4.98 Å². The molecule has 1 aromatic heterocycles. The average Bonchev–Trinajstić information content (AvgIpc) is 2.72. The smallest absolute Gasteiger partial charge is 0.261 e. The summed E-state index contributed by atoms with van der Waals surface area (Å²) in [6.45, 7) is 6.74. The molecule has 0 saturated heterocycles. The molecule has 0 amide bonds. The summed E-state index contributed by atoms with van der Waals surface area (Å²) in [4.78, 5) is 4.12. The Bertz CT molecular complexity index is 876. The van der Waals surface area contributed by atoms with Crippen LogP contribution in [0, 0.1) is 11.3 Å². The minimum Gasteiger partial charge on any atom is -0.399 e. The molecule has 3 aromatic rings. The molecule has 1 atom stereocenters. The van der Waals surface area contributed by atoms with Crippen LogP contribution in [-0.2, 0) is 4.43 Å². The number of hydrogen-bond acceptors (Lipinski definition) is 3. The predicted octanol–water partition coefficient (Wildman–Crippen LogP) is 4.61. The summed E-state index contributed by atoms with van der Waals surface area (Å²) in [6.07, 6.45) is 3.51. The Kier molecular flexibility index (Phi) is 6.08. The maximum absolute atomic E-state index is 9.51. The third-order valence-electron chi connectivity index (χ3n) is 5.09. The Morgan fingerprint density at radius 2 is 1.39 bits per heavy atom. The topological polar surface area (TPSA) is 45.9 Å². The van der Waals surface area contributed by atoms with E-state index in [4.69, 9.17) is 4.43 Å². The molecule has 3 rings (SSSR count). The van der Waals surface area contributed by atoms with E-state index in [-0.39, 0.29) is 11.1 Å². The fraction of sp³-hybridized carbons (Fsp3) is 0.250. The van der Waals surface area contributed by atoms with Crippen LogP contribution in [0.2, 0.25) is 5.04 Å². The molecule has 0 N–H and O–H groups in total. The zero-order valence-corrected chi connectivity index (χ0v) is 17.7. The first kappa shape index (κ1) is 20.0. The second kappa shape index (κ2) is 8.51. The van der Waals surface area contributed by atoms with Crippen LogP contribution in [0.1, 0.15) is 38.9 Å². The van der Waals surface area contributed by atoms with E-state index in [1.807, 2.05) is 24.3 Å². The van der Waals surface area contributed by atoms with E-state index < -0.39 is 8.32 Å². The molecule has 0 aliphatic rings. The Hall–Kier alpha value is -2.74. The number of pyridine rings is 1. The van der Waals surface area contributed by atoms with Crippen molar-refractivity contribution < 1.29 is 4.43 Å². The van der Waals surface area contributed by atoms with Crippen molar-refractivity contribution in [2.24, 2.45) is 0 Å². The number of nitrogens with zero attached hydrogens (tertiary/aromatic N) is 2. The van der Waals surface area contributed by atoms with Gasteiger partial charge in [-0.15, -0.1) is 0 Å². The van der Waals surface area contributed by atoms with Crippen LogP contribution in [0.3, 0.4) is 0 Å². The number of nitriles is 1. The lowest BCUT2D eigenvalue weighted by Gasteiger charge is -2.45. The molecular weight excluding hydrogens is 360 g/mol. The van der Waals surface area contributed by atoms with Gasteiger partial charge in [0.2, 0.25) is 0 Å². The fourth-order valence-electron chi connectivity index (χ4n) is 3.79. The molecule has 0 aliphatic heterocycles. The quantitative estimate of drug-likeness (QED) is 0.581. The number of aromatic nitrogens is 1. The molecule has 4 heteroatoms. The third-order valence-corrected chi connectivity index (χ3v) is 10.1. The fourth-order valence-corrected chi connectivity index (χ4v) is 8.45. The van der Waals surface area contributed by atoms with Crippen LogP contribution < -0.4 is 10.4 Å². The number of benzene rings is 2. The van der Waals surface area contributed by atoms with Crippen LogP contribution in [-0.4, -0.2) is 13.3 Å². The van der Waals surface area contributed by atoms with Crippen molar-refractivity contribution >= 4 is 18.7 Å². The second-order valence-corrected chi connectivity index (χ2v) is 12.2. The van der Waals surface area contributed by atoms with Gasteiger partial charge in [0.05, 0.1) is 18.6 Å². The molecule has 0 spiro atoms. The molecule has 142 valence electrons. The largest absolute Gasteiger partial charge is 0.399 e.